The number of halogens is 1. The van der Waals surface area contributed by atoms with E-state index in [1.165, 1.54) is 0 Å². The van der Waals surface area contributed by atoms with Crippen LogP contribution in [0.1, 0.15) is 18.4 Å². The summed E-state index contributed by atoms with van der Waals surface area (Å²) in [4.78, 5) is 32.2. The molecule has 2 heterocycles. The van der Waals surface area contributed by atoms with Gasteiger partial charge in [-0.1, -0.05) is 40.2 Å². The summed E-state index contributed by atoms with van der Waals surface area (Å²) in [6.45, 7) is 1.73. The number of carbonyl (C=O) groups is 1. The lowest BCUT2D eigenvalue weighted by atomic mass is 9.97. The van der Waals surface area contributed by atoms with Crippen LogP contribution in [0.2, 0.25) is 0 Å². The molecule has 0 radical (unpaired) electrons. The molecule has 1 aliphatic heterocycles. The van der Waals surface area contributed by atoms with Gasteiger partial charge in [0.2, 0.25) is 5.91 Å². The van der Waals surface area contributed by atoms with Crippen LogP contribution < -0.4 is 15.8 Å². The first-order chi connectivity index (χ1) is 14.0. The summed E-state index contributed by atoms with van der Waals surface area (Å²) in [6, 6.07) is 15.5. The monoisotopic (exact) mass is 454 g/mol. The molecule has 3 aromatic rings. The standard InChI is InChI=1S/C22H23BrN4O2/c1-26-19-10-3-2-9-18(19)25-20(22(26)29)27-11-5-7-16(14-27)21(28)24-13-15-6-4-8-17(23)12-15/h2-4,6,8-10,12,16H,5,7,11,13-14H2,1H3,(H,24,28)/t16-/m1/s1. The van der Waals surface area contributed by atoms with Crippen molar-refractivity contribution in [2.24, 2.45) is 13.0 Å². The number of piperidine rings is 1. The quantitative estimate of drug-likeness (QED) is 0.656. The number of anilines is 1. The number of nitrogens with one attached hydrogen (secondary N) is 1. The van der Waals surface area contributed by atoms with E-state index in [1.807, 2.05) is 53.4 Å². The molecule has 0 spiro atoms. The van der Waals surface area contributed by atoms with E-state index in [9.17, 15) is 9.59 Å². The minimum absolute atomic E-state index is 0.0206. The number of fused-ring (bicyclic) bond motifs is 1. The molecule has 1 fully saturated rings. The minimum Gasteiger partial charge on any atom is -0.352 e. The molecule has 1 N–H and O–H groups in total. The summed E-state index contributed by atoms with van der Waals surface area (Å²) in [5.41, 5.74) is 2.51. The van der Waals surface area contributed by atoms with Crippen LogP contribution in [-0.2, 0) is 18.4 Å². The minimum atomic E-state index is -0.158. The number of carbonyl (C=O) groups excluding carboxylic acids is 1. The average molecular weight is 455 g/mol. The number of para-hydroxylation sites is 2. The molecule has 1 aromatic heterocycles. The number of rotatable bonds is 4. The maximum atomic E-state index is 12.9. The van der Waals surface area contributed by atoms with Gasteiger partial charge in [-0.15, -0.1) is 0 Å². The van der Waals surface area contributed by atoms with E-state index >= 15 is 0 Å². The fourth-order valence-electron chi connectivity index (χ4n) is 3.83. The largest absolute Gasteiger partial charge is 0.352 e. The van der Waals surface area contributed by atoms with Crippen molar-refractivity contribution in [3.63, 3.8) is 0 Å². The third-order valence-corrected chi connectivity index (χ3v) is 5.91. The summed E-state index contributed by atoms with van der Waals surface area (Å²) < 4.78 is 2.63. The van der Waals surface area contributed by atoms with E-state index in [1.54, 1.807) is 11.6 Å². The Morgan fingerprint density at radius 3 is 2.90 bits per heavy atom. The van der Waals surface area contributed by atoms with Gasteiger partial charge in [0, 0.05) is 31.2 Å². The zero-order valence-corrected chi connectivity index (χ0v) is 17.9. The van der Waals surface area contributed by atoms with E-state index in [0.717, 1.165) is 40.5 Å². The van der Waals surface area contributed by atoms with Crippen LogP contribution >= 0.6 is 15.9 Å². The fraction of sp³-hybridized carbons (Fsp3) is 0.318. The van der Waals surface area contributed by atoms with Gasteiger partial charge in [0.1, 0.15) is 0 Å². The van der Waals surface area contributed by atoms with Gasteiger partial charge in [0.05, 0.1) is 17.0 Å². The summed E-state index contributed by atoms with van der Waals surface area (Å²) >= 11 is 3.45. The van der Waals surface area contributed by atoms with E-state index in [-0.39, 0.29) is 17.4 Å². The first-order valence-electron chi connectivity index (χ1n) is 9.76. The molecular formula is C22H23BrN4O2. The molecule has 1 atom stereocenters. The Hall–Kier alpha value is -2.67. The van der Waals surface area contributed by atoms with Crippen molar-refractivity contribution < 1.29 is 4.79 Å². The maximum Gasteiger partial charge on any atom is 0.293 e. The van der Waals surface area contributed by atoms with Gasteiger partial charge in [-0.25, -0.2) is 4.98 Å². The van der Waals surface area contributed by atoms with Crippen LogP contribution in [0.25, 0.3) is 11.0 Å². The first kappa shape index (κ1) is 19.6. The van der Waals surface area contributed by atoms with Crippen LogP contribution in [0, 0.1) is 5.92 Å². The normalized spacial score (nSPS) is 16.8. The second kappa shape index (κ2) is 8.37. The van der Waals surface area contributed by atoms with Gasteiger partial charge in [-0.2, -0.15) is 0 Å². The lowest BCUT2D eigenvalue weighted by molar-refractivity contribution is -0.125. The number of hydrogen-bond acceptors (Lipinski definition) is 4. The SMILES string of the molecule is Cn1c(=O)c(N2CCC[C@@H](C(=O)NCc3cccc(Br)c3)C2)nc2ccccc21. The number of aromatic nitrogens is 2. The van der Waals surface area contributed by atoms with Crippen molar-refractivity contribution in [2.45, 2.75) is 19.4 Å². The van der Waals surface area contributed by atoms with E-state index in [2.05, 4.69) is 26.2 Å². The van der Waals surface area contributed by atoms with Crippen molar-refractivity contribution in [2.75, 3.05) is 18.0 Å². The fourth-order valence-corrected chi connectivity index (χ4v) is 4.28. The molecule has 0 unspecified atom stereocenters. The average Bonchev–Trinajstić information content (AvgIpc) is 2.75. The lowest BCUT2D eigenvalue weighted by Crippen LogP contribution is -2.45. The Morgan fingerprint density at radius 1 is 1.24 bits per heavy atom. The third kappa shape index (κ3) is 4.19. The highest BCUT2D eigenvalue weighted by molar-refractivity contribution is 9.10. The van der Waals surface area contributed by atoms with Gasteiger partial charge in [-0.05, 0) is 42.7 Å². The molecular weight excluding hydrogens is 432 g/mol. The summed E-state index contributed by atoms with van der Waals surface area (Å²) in [6.07, 6.45) is 1.67. The number of aryl methyl sites for hydroxylation is 1. The number of nitrogens with zero attached hydrogens (tertiary/aromatic N) is 3. The van der Waals surface area contributed by atoms with Crippen molar-refractivity contribution in [3.05, 3.63) is 68.9 Å². The van der Waals surface area contributed by atoms with Crippen LogP contribution in [0.15, 0.2) is 57.8 Å². The first-order valence-corrected chi connectivity index (χ1v) is 10.5. The second-order valence-corrected chi connectivity index (χ2v) is 8.34. The summed E-state index contributed by atoms with van der Waals surface area (Å²) in [7, 11) is 1.77. The van der Waals surface area contributed by atoms with E-state index < -0.39 is 0 Å². The Morgan fingerprint density at radius 2 is 2.07 bits per heavy atom. The van der Waals surface area contributed by atoms with Crippen molar-refractivity contribution in [1.82, 2.24) is 14.9 Å². The van der Waals surface area contributed by atoms with Crippen LogP contribution in [0.5, 0.6) is 0 Å². The van der Waals surface area contributed by atoms with Gasteiger partial charge in [0.25, 0.3) is 5.56 Å². The summed E-state index contributed by atoms with van der Waals surface area (Å²) in [5, 5.41) is 3.03. The van der Waals surface area contributed by atoms with Crippen LogP contribution in [-0.4, -0.2) is 28.5 Å². The molecule has 6 nitrogen and oxygen atoms in total. The molecule has 150 valence electrons. The smallest absolute Gasteiger partial charge is 0.293 e. The Balaban J connectivity index is 1.50. The maximum absolute atomic E-state index is 12.9. The van der Waals surface area contributed by atoms with Crippen molar-refractivity contribution in [3.8, 4) is 0 Å². The molecule has 0 bridgehead atoms. The van der Waals surface area contributed by atoms with Gasteiger partial charge in [-0.3, -0.25) is 9.59 Å². The Bertz CT molecular complexity index is 1110. The number of benzene rings is 2. The molecule has 0 saturated carbocycles. The van der Waals surface area contributed by atoms with Gasteiger partial charge < -0.3 is 14.8 Å². The third-order valence-electron chi connectivity index (χ3n) is 5.41. The Labute approximate surface area is 177 Å². The van der Waals surface area contributed by atoms with Crippen LogP contribution in [0.4, 0.5) is 5.82 Å². The molecule has 1 aliphatic rings. The molecule has 1 saturated heterocycles. The molecule has 1 amide bonds. The van der Waals surface area contributed by atoms with Crippen molar-refractivity contribution in [1.29, 1.82) is 0 Å². The highest BCUT2D eigenvalue weighted by Crippen LogP contribution is 2.22. The lowest BCUT2D eigenvalue weighted by Gasteiger charge is -2.32. The Kier molecular flexibility index (Phi) is 5.67. The highest BCUT2D eigenvalue weighted by atomic mass is 79.9. The van der Waals surface area contributed by atoms with E-state index in [4.69, 9.17) is 0 Å². The summed E-state index contributed by atoms with van der Waals surface area (Å²) in [5.74, 6) is 0.289. The zero-order chi connectivity index (χ0) is 20.4. The highest BCUT2D eigenvalue weighted by Gasteiger charge is 2.28. The number of hydrogen-bond donors (Lipinski definition) is 1. The number of amides is 1. The molecule has 7 heteroatoms. The molecule has 0 aliphatic carbocycles. The predicted octanol–water partition coefficient (Wildman–Crippen LogP) is 3.23. The molecule has 4 rings (SSSR count). The van der Waals surface area contributed by atoms with Crippen LogP contribution in [0.3, 0.4) is 0 Å². The topological polar surface area (TPSA) is 67.2 Å². The second-order valence-electron chi connectivity index (χ2n) is 7.42. The van der Waals surface area contributed by atoms with Crippen molar-refractivity contribution >= 4 is 38.7 Å². The molecule has 29 heavy (non-hydrogen) atoms. The van der Waals surface area contributed by atoms with Gasteiger partial charge in [0.15, 0.2) is 5.82 Å². The zero-order valence-electron chi connectivity index (χ0n) is 16.3. The molecule has 2 aromatic carbocycles. The van der Waals surface area contributed by atoms with E-state index in [0.29, 0.717) is 18.9 Å². The van der Waals surface area contributed by atoms with Gasteiger partial charge >= 0.3 is 0 Å². The predicted molar refractivity (Wildman–Crippen MR) is 118 cm³/mol.